The Bertz CT molecular complexity index is 263. The van der Waals surface area contributed by atoms with E-state index in [0.717, 1.165) is 31.5 Å². The van der Waals surface area contributed by atoms with E-state index in [1.54, 1.807) is 11.3 Å². The number of nitrogens with one attached hydrogen (secondary N) is 1. The first-order chi connectivity index (χ1) is 6.86. The van der Waals surface area contributed by atoms with Gasteiger partial charge in [-0.15, -0.1) is 11.3 Å². The highest BCUT2D eigenvalue weighted by atomic mass is 32.1. The summed E-state index contributed by atoms with van der Waals surface area (Å²) in [7, 11) is 0. The molecule has 0 spiro atoms. The second-order valence-corrected chi connectivity index (χ2v) is 4.54. The number of hydrogen-bond donors (Lipinski definition) is 2. The molecule has 3 nitrogen and oxygen atoms in total. The summed E-state index contributed by atoms with van der Waals surface area (Å²) in [5.74, 6) is 0. The van der Waals surface area contributed by atoms with Crippen LogP contribution in [-0.2, 0) is 6.54 Å². The van der Waals surface area contributed by atoms with Crippen molar-refractivity contribution in [2.45, 2.75) is 44.4 Å². The summed E-state index contributed by atoms with van der Waals surface area (Å²) in [6.45, 7) is 0.783. The number of aliphatic hydroxyl groups is 1. The van der Waals surface area contributed by atoms with Gasteiger partial charge in [0.25, 0.3) is 0 Å². The Hall–Kier alpha value is -0.450. The minimum Gasteiger partial charge on any atom is -0.392 e. The molecule has 0 bridgehead atoms. The average Bonchev–Trinajstić information content (AvgIpc) is 2.69. The average molecular weight is 212 g/mol. The summed E-state index contributed by atoms with van der Waals surface area (Å²) < 4.78 is 0. The van der Waals surface area contributed by atoms with E-state index in [4.69, 9.17) is 0 Å². The topological polar surface area (TPSA) is 45.1 Å². The van der Waals surface area contributed by atoms with Crippen LogP contribution in [0.2, 0.25) is 0 Å². The predicted octanol–water partition coefficient (Wildman–Crippen LogP) is 1.54. The molecule has 1 aromatic heterocycles. The van der Waals surface area contributed by atoms with Gasteiger partial charge in [0, 0.05) is 18.0 Å². The maximum Gasteiger partial charge on any atom is 0.0795 e. The van der Waals surface area contributed by atoms with Gasteiger partial charge < -0.3 is 10.4 Å². The number of rotatable bonds is 3. The van der Waals surface area contributed by atoms with Crippen molar-refractivity contribution in [3.63, 3.8) is 0 Å². The van der Waals surface area contributed by atoms with E-state index in [1.807, 2.05) is 10.9 Å². The van der Waals surface area contributed by atoms with Crippen LogP contribution in [0, 0.1) is 0 Å². The molecule has 1 heterocycles. The molecule has 0 aromatic carbocycles. The summed E-state index contributed by atoms with van der Waals surface area (Å²) in [6, 6.07) is 0.269. The Kier molecular flexibility index (Phi) is 3.50. The number of hydrogen-bond acceptors (Lipinski definition) is 4. The lowest BCUT2D eigenvalue weighted by Crippen LogP contribution is -2.41. The molecule has 1 aliphatic carbocycles. The van der Waals surface area contributed by atoms with Crippen molar-refractivity contribution in [3.8, 4) is 0 Å². The van der Waals surface area contributed by atoms with Crippen LogP contribution < -0.4 is 5.32 Å². The van der Waals surface area contributed by atoms with Crippen LogP contribution in [0.1, 0.15) is 31.4 Å². The molecule has 78 valence electrons. The normalized spacial score (nSPS) is 27.8. The van der Waals surface area contributed by atoms with E-state index in [9.17, 15) is 5.11 Å². The minimum absolute atomic E-state index is 0.164. The Morgan fingerprint density at radius 1 is 1.50 bits per heavy atom. The largest absolute Gasteiger partial charge is 0.392 e. The fraction of sp³-hybridized carbons (Fsp3) is 0.700. The SMILES string of the molecule is OC1CCCCC1NCc1cscn1. The number of aliphatic hydroxyl groups excluding tert-OH is 1. The molecule has 1 saturated carbocycles. The lowest BCUT2D eigenvalue weighted by Gasteiger charge is -2.28. The molecule has 2 rings (SSSR count). The fourth-order valence-electron chi connectivity index (χ4n) is 1.91. The molecule has 0 saturated heterocycles. The van der Waals surface area contributed by atoms with Gasteiger partial charge in [0.15, 0.2) is 0 Å². The fourth-order valence-corrected chi connectivity index (χ4v) is 2.47. The van der Waals surface area contributed by atoms with E-state index in [-0.39, 0.29) is 12.1 Å². The molecular weight excluding hydrogens is 196 g/mol. The van der Waals surface area contributed by atoms with Crippen molar-refractivity contribution >= 4 is 11.3 Å². The highest BCUT2D eigenvalue weighted by Crippen LogP contribution is 2.18. The van der Waals surface area contributed by atoms with Crippen molar-refractivity contribution in [3.05, 3.63) is 16.6 Å². The van der Waals surface area contributed by atoms with E-state index in [1.165, 1.54) is 6.42 Å². The quantitative estimate of drug-likeness (QED) is 0.799. The predicted molar refractivity (Wildman–Crippen MR) is 57.2 cm³/mol. The molecule has 0 amide bonds. The van der Waals surface area contributed by atoms with Gasteiger partial charge >= 0.3 is 0 Å². The van der Waals surface area contributed by atoms with E-state index < -0.39 is 0 Å². The maximum atomic E-state index is 9.72. The lowest BCUT2D eigenvalue weighted by atomic mass is 9.92. The van der Waals surface area contributed by atoms with Crippen molar-refractivity contribution < 1.29 is 5.11 Å². The van der Waals surface area contributed by atoms with Gasteiger partial charge in [-0.05, 0) is 12.8 Å². The first-order valence-electron chi connectivity index (χ1n) is 5.15. The third-order valence-electron chi connectivity index (χ3n) is 2.76. The molecule has 0 radical (unpaired) electrons. The van der Waals surface area contributed by atoms with Crippen molar-refractivity contribution in [1.29, 1.82) is 0 Å². The van der Waals surface area contributed by atoms with Gasteiger partial charge in [0.05, 0.1) is 17.3 Å². The van der Waals surface area contributed by atoms with Crippen LogP contribution in [0.25, 0.3) is 0 Å². The van der Waals surface area contributed by atoms with Crippen LogP contribution >= 0.6 is 11.3 Å². The molecule has 4 heteroatoms. The first kappa shape index (κ1) is 10.1. The van der Waals surface area contributed by atoms with E-state index >= 15 is 0 Å². The molecule has 2 atom stereocenters. The zero-order chi connectivity index (χ0) is 9.80. The Morgan fingerprint density at radius 3 is 3.07 bits per heavy atom. The van der Waals surface area contributed by atoms with Crippen LogP contribution in [0.3, 0.4) is 0 Å². The van der Waals surface area contributed by atoms with Gasteiger partial charge in [-0.1, -0.05) is 12.8 Å². The first-order valence-corrected chi connectivity index (χ1v) is 6.09. The Morgan fingerprint density at radius 2 is 2.36 bits per heavy atom. The molecule has 2 unspecified atom stereocenters. The molecule has 1 aliphatic rings. The van der Waals surface area contributed by atoms with Crippen molar-refractivity contribution in [1.82, 2.24) is 10.3 Å². The van der Waals surface area contributed by atoms with Crippen LogP contribution in [0.5, 0.6) is 0 Å². The van der Waals surface area contributed by atoms with Crippen molar-refractivity contribution in [2.75, 3.05) is 0 Å². The lowest BCUT2D eigenvalue weighted by molar-refractivity contribution is 0.0901. The highest BCUT2D eigenvalue weighted by Gasteiger charge is 2.22. The third-order valence-corrected chi connectivity index (χ3v) is 3.39. The second kappa shape index (κ2) is 4.87. The molecule has 1 fully saturated rings. The Labute approximate surface area is 88.2 Å². The van der Waals surface area contributed by atoms with Crippen LogP contribution in [0.15, 0.2) is 10.9 Å². The van der Waals surface area contributed by atoms with Gasteiger partial charge in [0.2, 0.25) is 0 Å². The zero-order valence-electron chi connectivity index (χ0n) is 8.15. The second-order valence-electron chi connectivity index (χ2n) is 3.82. The van der Waals surface area contributed by atoms with Gasteiger partial charge in [-0.3, -0.25) is 0 Å². The standard InChI is InChI=1S/C10H16N2OS/c13-10-4-2-1-3-9(10)11-5-8-6-14-7-12-8/h6-7,9-11,13H,1-5H2. The summed E-state index contributed by atoms with van der Waals surface area (Å²) in [4.78, 5) is 4.20. The summed E-state index contributed by atoms with van der Waals surface area (Å²) in [5.41, 5.74) is 2.92. The molecule has 1 aromatic rings. The van der Waals surface area contributed by atoms with Gasteiger partial charge in [0.1, 0.15) is 0 Å². The molecule has 0 aliphatic heterocycles. The van der Waals surface area contributed by atoms with Crippen molar-refractivity contribution in [2.24, 2.45) is 0 Å². The summed E-state index contributed by atoms with van der Waals surface area (Å²) in [6.07, 6.45) is 4.25. The monoisotopic (exact) mass is 212 g/mol. The Balaban J connectivity index is 1.79. The van der Waals surface area contributed by atoms with E-state index in [0.29, 0.717) is 0 Å². The summed E-state index contributed by atoms with van der Waals surface area (Å²) >= 11 is 1.61. The number of aromatic nitrogens is 1. The molecule has 14 heavy (non-hydrogen) atoms. The number of nitrogens with zero attached hydrogens (tertiary/aromatic N) is 1. The highest BCUT2D eigenvalue weighted by molar-refractivity contribution is 7.07. The minimum atomic E-state index is -0.164. The summed E-state index contributed by atoms with van der Waals surface area (Å²) in [5, 5.41) is 15.1. The van der Waals surface area contributed by atoms with Gasteiger partial charge in [-0.2, -0.15) is 0 Å². The zero-order valence-corrected chi connectivity index (χ0v) is 8.96. The molecule has 2 N–H and O–H groups in total. The van der Waals surface area contributed by atoms with Gasteiger partial charge in [-0.25, -0.2) is 4.98 Å². The maximum absolute atomic E-state index is 9.72. The van der Waals surface area contributed by atoms with Crippen LogP contribution in [0.4, 0.5) is 0 Å². The smallest absolute Gasteiger partial charge is 0.0795 e. The molecular formula is C10H16N2OS. The number of thiazole rings is 1. The van der Waals surface area contributed by atoms with Crippen LogP contribution in [-0.4, -0.2) is 22.2 Å². The van der Waals surface area contributed by atoms with E-state index in [2.05, 4.69) is 10.3 Å². The third kappa shape index (κ3) is 2.53.